The molecule has 3 fully saturated rings. The number of nitrogens with one attached hydrogen (secondary N) is 1. The second kappa shape index (κ2) is 7.73. The molecule has 0 bridgehead atoms. The average molecular weight is 398 g/mol. The number of amides is 2. The minimum Gasteiger partial charge on any atom is -0.372 e. The van der Waals surface area contributed by atoms with E-state index in [0.717, 1.165) is 17.0 Å². The van der Waals surface area contributed by atoms with Gasteiger partial charge >= 0.3 is 0 Å². The summed E-state index contributed by atoms with van der Waals surface area (Å²) in [5, 5.41) is 12.8. The topological polar surface area (TPSA) is 72.9 Å². The van der Waals surface area contributed by atoms with Crippen molar-refractivity contribution in [3.8, 4) is 0 Å². The molecule has 5 rings (SSSR count). The molecule has 2 saturated heterocycles. The molecular weight excluding hydrogens is 366 g/mol. The molecule has 156 valence electrons. The van der Waals surface area contributed by atoms with Crippen LogP contribution in [0.5, 0.6) is 0 Å². The third-order valence-electron chi connectivity index (χ3n) is 7.50. The number of carbonyl (C=O) groups excluding carboxylic acids is 2. The van der Waals surface area contributed by atoms with E-state index in [1.807, 2.05) is 6.07 Å². The fourth-order valence-corrected chi connectivity index (χ4v) is 5.47. The Labute approximate surface area is 172 Å². The van der Waals surface area contributed by atoms with E-state index in [1.165, 1.54) is 57.3 Å². The first-order valence-corrected chi connectivity index (χ1v) is 11.2. The third-order valence-corrected chi connectivity index (χ3v) is 7.50. The molecule has 4 aliphatic rings. The second-order valence-corrected chi connectivity index (χ2v) is 9.34. The normalized spacial score (nSPS) is 28.9. The van der Waals surface area contributed by atoms with E-state index in [0.29, 0.717) is 25.3 Å². The molecule has 1 aliphatic carbocycles. The average Bonchev–Trinajstić information content (AvgIpc) is 3.01. The number of benzene rings is 1. The monoisotopic (exact) mass is 397 g/mol. The van der Waals surface area contributed by atoms with Gasteiger partial charge in [-0.1, -0.05) is 18.6 Å². The molecule has 3 heterocycles. The fourth-order valence-electron chi connectivity index (χ4n) is 5.47. The van der Waals surface area contributed by atoms with E-state index in [2.05, 4.69) is 22.3 Å². The molecule has 2 N–H and O–H groups in total. The van der Waals surface area contributed by atoms with Gasteiger partial charge in [-0.15, -0.1) is 0 Å². The summed E-state index contributed by atoms with van der Waals surface area (Å²) in [7, 11) is 0. The van der Waals surface area contributed by atoms with Crippen LogP contribution in [0.3, 0.4) is 0 Å². The smallest absolute Gasteiger partial charge is 0.254 e. The molecule has 2 atom stereocenters. The molecule has 29 heavy (non-hydrogen) atoms. The van der Waals surface area contributed by atoms with E-state index in [1.54, 1.807) is 4.90 Å². The van der Waals surface area contributed by atoms with Crippen LogP contribution in [0.15, 0.2) is 18.2 Å². The Balaban J connectivity index is 1.24. The summed E-state index contributed by atoms with van der Waals surface area (Å²) < 4.78 is 0. The van der Waals surface area contributed by atoms with Gasteiger partial charge in [0.15, 0.2) is 0 Å². The zero-order valence-corrected chi connectivity index (χ0v) is 17.0. The molecule has 0 radical (unpaired) electrons. The van der Waals surface area contributed by atoms with Gasteiger partial charge < -0.3 is 20.2 Å². The van der Waals surface area contributed by atoms with Crippen LogP contribution in [0.1, 0.15) is 72.3 Å². The lowest BCUT2D eigenvalue weighted by molar-refractivity contribution is -0.129. The van der Waals surface area contributed by atoms with Gasteiger partial charge in [-0.25, -0.2) is 0 Å². The van der Waals surface area contributed by atoms with Crippen molar-refractivity contribution >= 4 is 11.8 Å². The maximum atomic E-state index is 12.9. The first-order chi connectivity index (χ1) is 14.1. The summed E-state index contributed by atoms with van der Waals surface area (Å²) >= 11 is 0. The summed E-state index contributed by atoms with van der Waals surface area (Å²) in [4.78, 5) is 28.7. The maximum Gasteiger partial charge on any atom is 0.254 e. The summed E-state index contributed by atoms with van der Waals surface area (Å²) in [6.07, 6.45) is 6.51. The minimum absolute atomic E-state index is 0.0259. The number of rotatable bonds is 4. The zero-order chi connectivity index (χ0) is 20.0. The molecule has 2 amide bonds. The number of carbonyl (C=O) groups is 2. The van der Waals surface area contributed by atoms with Gasteiger partial charge in [-0.2, -0.15) is 0 Å². The zero-order valence-electron chi connectivity index (χ0n) is 17.0. The van der Waals surface area contributed by atoms with Crippen LogP contribution in [0, 0.1) is 5.92 Å². The Kier molecular flexibility index (Phi) is 5.08. The van der Waals surface area contributed by atoms with Gasteiger partial charge in [-0.05, 0) is 74.2 Å². The van der Waals surface area contributed by atoms with Crippen molar-refractivity contribution in [3.05, 3.63) is 34.9 Å². The van der Waals surface area contributed by atoms with Gasteiger partial charge in [0.1, 0.15) is 6.23 Å². The van der Waals surface area contributed by atoms with E-state index in [-0.39, 0.29) is 17.9 Å². The van der Waals surface area contributed by atoms with Crippen molar-refractivity contribution in [1.29, 1.82) is 0 Å². The fraction of sp³-hybridized carbons (Fsp3) is 0.652. The van der Waals surface area contributed by atoms with Crippen molar-refractivity contribution in [1.82, 2.24) is 15.1 Å². The SMILES string of the molecule is O=C1CCC(N2Cc3cc(C4CCN(CC5CCC5)CC4)ccc3C2=O)C(O)N1. The van der Waals surface area contributed by atoms with Crippen molar-refractivity contribution in [3.63, 3.8) is 0 Å². The van der Waals surface area contributed by atoms with Crippen LogP contribution in [0.2, 0.25) is 0 Å². The number of aliphatic hydroxyl groups is 1. The van der Waals surface area contributed by atoms with E-state index >= 15 is 0 Å². The van der Waals surface area contributed by atoms with Crippen molar-refractivity contribution in [2.75, 3.05) is 19.6 Å². The second-order valence-electron chi connectivity index (χ2n) is 9.34. The molecule has 3 aliphatic heterocycles. The Morgan fingerprint density at radius 1 is 1.07 bits per heavy atom. The van der Waals surface area contributed by atoms with E-state index in [9.17, 15) is 14.7 Å². The summed E-state index contributed by atoms with van der Waals surface area (Å²) in [5.74, 6) is 1.33. The number of likely N-dealkylation sites (tertiary alicyclic amines) is 1. The number of fused-ring (bicyclic) bond motifs is 1. The lowest BCUT2D eigenvalue weighted by Gasteiger charge is -2.37. The predicted octanol–water partition coefficient (Wildman–Crippen LogP) is 2.22. The highest BCUT2D eigenvalue weighted by Gasteiger charge is 2.39. The molecule has 1 aromatic carbocycles. The molecule has 6 nitrogen and oxygen atoms in total. The molecule has 0 aromatic heterocycles. The Morgan fingerprint density at radius 2 is 1.86 bits per heavy atom. The number of hydrogen-bond donors (Lipinski definition) is 2. The maximum absolute atomic E-state index is 12.9. The first kappa shape index (κ1) is 19.1. The van der Waals surface area contributed by atoms with E-state index in [4.69, 9.17) is 0 Å². The summed E-state index contributed by atoms with van der Waals surface area (Å²) in [6.45, 7) is 4.16. The summed E-state index contributed by atoms with van der Waals surface area (Å²) in [6, 6.07) is 5.98. The van der Waals surface area contributed by atoms with Crippen LogP contribution in [0.4, 0.5) is 0 Å². The Bertz CT molecular complexity index is 799. The van der Waals surface area contributed by atoms with Gasteiger partial charge in [-0.3, -0.25) is 9.59 Å². The minimum atomic E-state index is -0.978. The number of aliphatic hydroxyl groups excluding tert-OH is 1. The summed E-state index contributed by atoms with van der Waals surface area (Å²) in [5.41, 5.74) is 3.16. The molecule has 2 unspecified atom stereocenters. The first-order valence-electron chi connectivity index (χ1n) is 11.2. The third kappa shape index (κ3) is 3.68. The van der Waals surface area contributed by atoms with Crippen LogP contribution >= 0.6 is 0 Å². The van der Waals surface area contributed by atoms with Gasteiger partial charge in [0.25, 0.3) is 5.91 Å². The van der Waals surface area contributed by atoms with Crippen LogP contribution in [-0.4, -0.2) is 58.6 Å². The highest BCUT2D eigenvalue weighted by atomic mass is 16.3. The highest BCUT2D eigenvalue weighted by molar-refractivity contribution is 5.98. The van der Waals surface area contributed by atoms with Crippen LogP contribution < -0.4 is 5.32 Å². The highest BCUT2D eigenvalue weighted by Crippen LogP contribution is 2.35. The lowest BCUT2D eigenvalue weighted by Crippen LogP contribution is -2.55. The van der Waals surface area contributed by atoms with E-state index < -0.39 is 6.23 Å². The van der Waals surface area contributed by atoms with Gasteiger partial charge in [0.2, 0.25) is 5.91 Å². The van der Waals surface area contributed by atoms with Crippen LogP contribution in [0.25, 0.3) is 0 Å². The molecule has 1 saturated carbocycles. The van der Waals surface area contributed by atoms with Crippen LogP contribution in [-0.2, 0) is 11.3 Å². The predicted molar refractivity (Wildman–Crippen MR) is 109 cm³/mol. The van der Waals surface area contributed by atoms with Gasteiger partial charge in [0, 0.05) is 25.1 Å². The Morgan fingerprint density at radius 3 is 2.55 bits per heavy atom. The van der Waals surface area contributed by atoms with Crippen molar-refractivity contribution < 1.29 is 14.7 Å². The molecule has 0 spiro atoms. The number of hydrogen-bond acceptors (Lipinski definition) is 4. The largest absolute Gasteiger partial charge is 0.372 e. The lowest BCUT2D eigenvalue weighted by atomic mass is 9.83. The Hall–Kier alpha value is -1.92. The standard InChI is InChI=1S/C23H31N3O3/c27-21-7-6-20(22(28)24-21)26-14-18-12-17(4-5-19(18)23(26)29)16-8-10-25(11-9-16)13-15-2-1-3-15/h4-5,12,15-16,20,22,28H,1-3,6-11,13-14H2,(H,24,27). The number of piperidine rings is 2. The van der Waals surface area contributed by atoms with Gasteiger partial charge in [0.05, 0.1) is 6.04 Å². The number of nitrogens with zero attached hydrogens (tertiary/aromatic N) is 2. The quantitative estimate of drug-likeness (QED) is 0.817. The van der Waals surface area contributed by atoms with Crippen molar-refractivity contribution in [2.24, 2.45) is 5.92 Å². The molecule has 6 heteroatoms. The molecular formula is C23H31N3O3. The van der Waals surface area contributed by atoms with Crippen molar-refractivity contribution in [2.45, 2.75) is 69.7 Å². The molecule has 1 aromatic rings.